The van der Waals surface area contributed by atoms with Crippen LogP contribution in [0.5, 0.6) is 0 Å². The summed E-state index contributed by atoms with van der Waals surface area (Å²) in [5.41, 5.74) is -0.673. The fourth-order valence-corrected chi connectivity index (χ4v) is 2.09. The average molecular weight is 256 g/mol. The van der Waals surface area contributed by atoms with E-state index in [1.807, 2.05) is 0 Å². The van der Waals surface area contributed by atoms with E-state index < -0.39 is 21.3 Å². The van der Waals surface area contributed by atoms with Crippen molar-refractivity contribution in [3.63, 3.8) is 0 Å². The van der Waals surface area contributed by atoms with Crippen molar-refractivity contribution in [1.82, 2.24) is 5.32 Å². The van der Waals surface area contributed by atoms with E-state index in [1.165, 1.54) is 0 Å². The van der Waals surface area contributed by atoms with Crippen molar-refractivity contribution in [3.8, 4) is 0 Å². The number of rotatable bonds is 5. The van der Waals surface area contributed by atoms with Crippen LogP contribution in [0.25, 0.3) is 0 Å². The molecule has 0 aliphatic heterocycles. The van der Waals surface area contributed by atoms with Gasteiger partial charge in [0, 0.05) is 18.2 Å². The van der Waals surface area contributed by atoms with E-state index in [9.17, 15) is 13.2 Å². The Balaban J connectivity index is 4.32. The smallest absolute Gasteiger partial charge is 0.227 e. The van der Waals surface area contributed by atoms with Crippen molar-refractivity contribution in [2.45, 2.75) is 26.8 Å². The second-order valence-electron chi connectivity index (χ2n) is 4.48. The van der Waals surface area contributed by atoms with Crippen LogP contribution < -0.4 is 5.32 Å². The van der Waals surface area contributed by atoms with Crippen molar-refractivity contribution in [2.24, 2.45) is 5.41 Å². The van der Waals surface area contributed by atoms with Crippen molar-refractivity contribution < 1.29 is 13.2 Å². The van der Waals surface area contributed by atoms with Gasteiger partial charge in [0.1, 0.15) is 9.84 Å². The molecule has 15 heavy (non-hydrogen) atoms. The van der Waals surface area contributed by atoms with Gasteiger partial charge in [0.15, 0.2) is 0 Å². The van der Waals surface area contributed by atoms with Crippen LogP contribution in [0.3, 0.4) is 0 Å². The fourth-order valence-electron chi connectivity index (χ4n) is 0.976. The predicted molar refractivity (Wildman–Crippen MR) is 61.8 cm³/mol. The lowest BCUT2D eigenvalue weighted by Gasteiger charge is -2.23. The lowest BCUT2D eigenvalue weighted by Crippen LogP contribution is -2.45. The number of carbonyl (C=O) groups is 1. The van der Waals surface area contributed by atoms with Crippen LogP contribution in [0.4, 0.5) is 0 Å². The number of amides is 1. The third-order valence-corrected chi connectivity index (χ3v) is 3.65. The minimum Gasteiger partial charge on any atom is -0.352 e. The molecular formula is C9H18ClNO3S. The second kappa shape index (κ2) is 5.16. The van der Waals surface area contributed by atoms with E-state index in [0.29, 0.717) is 0 Å². The number of hydrogen-bond donors (Lipinski definition) is 1. The molecule has 90 valence electrons. The summed E-state index contributed by atoms with van der Waals surface area (Å²) >= 11 is 5.63. The summed E-state index contributed by atoms with van der Waals surface area (Å²) in [5, 5.41) is 2.63. The quantitative estimate of drug-likeness (QED) is 0.740. The Hall–Kier alpha value is -0.290. The standard InChI is InChI=1S/C9H18ClNO3S/c1-7(5-15(4,13)14)11-8(12)9(2,3)6-10/h7H,5-6H2,1-4H3,(H,11,12). The molecular weight excluding hydrogens is 238 g/mol. The van der Waals surface area contributed by atoms with Gasteiger partial charge in [-0.05, 0) is 20.8 Å². The van der Waals surface area contributed by atoms with E-state index in [2.05, 4.69) is 5.32 Å². The Bertz CT molecular complexity index is 324. The highest BCUT2D eigenvalue weighted by molar-refractivity contribution is 7.90. The number of halogens is 1. The molecule has 1 amide bonds. The van der Waals surface area contributed by atoms with Gasteiger partial charge < -0.3 is 5.32 Å². The molecule has 0 saturated heterocycles. The molecule has 1 atom stereocenters. The van der Waals surface area contributed by atoms with Gasteiger partial charge in [0.2, 0.25) is 5.91 Å². The van der Waals surface area contributed by atoms with Crippen LogP contribution in [-0.2, 0) is 14.6 Å². The molecule has 4 nitrogen and oxygen atoms in total. The van der Waals surface area contributed by atoms with Crippen molar-refractivity contribution >= 4 is 27.3 Å². The molecule has 0 spiro atoms. The molecule has 0 saturated carbocycles. The van der Waals surface area contributed by atoms with E-state index in [1.54, 1.807) is 20.8 Å². The molecule has 0 radical (unpaired) electrons. The lowest BCUT2D eigenvalue weighted by atomic mass is 9.95. The molecule has 1 N–H and O–H groups in total. The number of carbonyl (C=O) groups excluding carboxylic acids is 1. The number of sulfone groups is 1. The predicted octanol–water partition coefficient (Wildman–Crippen LogP) is 0.801. The Morgan fingerprint density at radius 1 is 1.47 bits per heavy atom. The Labute approximate surface area is 96.3 Å². The van der Waals surface area contributed by atoms with Gasteiger partial charge in [-0.3, -0.25) is 4.79 Å². The first kappa shape index (κ1) is 14.7. The zero-order chi connectivity index (χ0) is 12.3. The maximum atomic E-state index is 11.6. The van der Waals surface area contributed by atoms with Gasteiger partial charge in [-0.15, -0.1) is 11.6 Å². The Kier molecular flexibility index (Phi) is 5.06. The molecule has 0 aromatic heterocycles. The Morgan fingerprint density at radius 2 is 1.93 bits per heavy atom. The zero-order valence-corrected chi connectivity index (χ0v) is 11.1. The largest absolute Gasteiger partial charge is 0.352 e. The molecule has 1 unspecified atom stereocenters. The summed E-state index contributed by atoms with van der Waals surface area (Å²) in [6.45, 7) is 5.08. The van der Waals surface area contributed by atoms with Crippen LogP contribution >= 0.6 is 11.6 Å². The summed E-state index contributed by atoms with van der Waals surface area (Å²) < 4.78 is 21.9. The number of alkyl halides is 1. The molecule has 0 aromatic carbocycles. The monoisotopic (exact) mass is 255 g/mol. The molecule has 0 aliphatic carbocycles. The van der Waals surface area contributed by atoms with Gasteiger partial charge in [0.25, 0.3) is 0 Å². The molecule has 0 bridgehead atoms. The minimum atomic E-state index is -3.07. The highest BCUT2D eigenvalue weighted by Crippen LogP contribution is 2.17. The van der Waals surface area contributed by atoms with Gasteiger partial charge in [0.05, 0.1) is 11.2 Å². The third kappa shape index (κ3) is 5.99. The first-order valence-electron chi connectivity index (χ1n) is 4.63. The summed E-state index contributed by atoms with van der Waals surface area (Å²) in [4.78, 5) is 11.6. The van der Waals surface area contributed by atoms with Crippen LogP contribution in [-0.4, -0.2) is 38.3 Å². The maximum Gasteiger partial charge on any atom is 0.227 e. The second-order valence-corrected chi connectivity index (χ2v) is 6.94. The zero-order valence-electron chi connectivity index (χ0n) is 9.50. The number of hydrogen-bond acceptors (Lipinski definition) is 3. The van der Waals surface area contributed by atoms with E-state index in [-0.39, 0.29) is 17.5 Å². The van der Waals surface area contributed by atoms with Gasteiger partial charge in [-0.1, -0.05) is 0 Å². The van der Waals surface area contributed by atoms with E-state index in [4.69, 9.17) is 11.6 Å². The first-order valence-corrected chi connectivity index (χ1v) is 7.22. The first-order chi connectivity index (χ1) is 6.58. The summed E-state index contributed by atoms with van der Waals surface area (Å²) in [7, 11) is -3.07. The van der Waals surface area contributed by atoms with Gasteiger partial charge in [-0.2, -0.15) is 0 Å². The average Bonchev–Trinajstić information content (AvgIpc) is 2.00. The van der Waals surface area contributed by atoms with Crippen LogP contribution in [0, 0.1) is 5.41 Å². The van der Waals surface area contributed by atoms with Crippen molar-refractivity contribution in [2.75, 3.05) is 17.9 Å². The topological polar surface area (TPSA) is 63.2 Å². The summed E-state index contributed by atoms with van der Waals surface area (Å²) in [6, 6.07) is -0.394. The van der Waals surface area contributed by atoms with Crippen molar-refractivity contribution in [3.05, 3.63) is 0 Å². The summed E-state index contributed by atoms with van der Waals surface area (Å²) in [6.07, 6.45) is 1.14. The van der Waals surface area contributed by atoms with Gasteiger partial charge >= 0.3 is 0 Å². The molecule has 0 aromatic rings. The molecule has 0 fully saturated rings. The van der Waals surface area contributed by atoms with Crippen molar-refractivity contribution in [1.29, 1.82) is 0 Å². The normalized spacial score (nSPS) is 14.7. The van der Waals surface area contributed by atoms with Crippen LogP contribution in [0.2, 0.25) is 0 Å². The summed E-state index contributed by atoms with van der Waals surface area (Å²) in [5.74, 6) is -0.0877. The molecule has 0 aliphatic rings. The van der Waals surface area contributed by atoms with Crippen LogP contribution in [0.1, 0.15) is 20.8 Å². The third-order valence-electron chi connectivity index (χ3n) is 1.88. The molecule has 6 heteroatoms. The minimum absolute atomic E-state index is 0.0584. The maximum absolute atomic E-state index is 11.6. The van der Waals surface area contributed by atoms with E-state index >= 15 is 0 Å². The van der Waals surface area contributed by atoms with Gasteiger partial charge in [-0.25, -0.2) is 8.42 Å². The number of nitrogens with one attached hydrogen (secondary N) is 1. The highest BCUT2D eigenvalue weighted by atomic mass is 35.5. The fraction of sp³-hybridized carbons (Fsp3) is 0.889. The SMILES string of the molecule is CC(CS(C)(=O)=O)NC(=O)C(C)(C)CCl. The Morgan fingerprint density at radius 3 is 2.27 bits per heavy atom. The molecule has 0 heterocycles. The molecule has 0 rings (SSSR count). The highest BCUT2D eigenvalue weighted by Gasteiger charge is 2.27. The van der Waals surface area contributed by atoms with E-state index in [0.717, 1.165) is 6.26 Å². The lowest BCUT2D eigenvalue weighted by molar-refractivity contribution is -0.128. The van der Waals surface area contributed by atoms with Crippen LogP contribution in [0.15, 0.2) is 0 Å².